The molecule has 3 aromatic rings. The molecule has 0 atom stereocenters. The predicted molar refractivity (Wildman–Crippen MR) is 98.1 cm³/mol. The summed E-state index contributed by atoms with van der Waals surface area (Å²) < 4.78 is 0. The van der Waals surface area contributed by atoms with E-state index in [4.69, 9.17) is 4.98 Å². The van der Waals surface area contributed by atoms with Gasteiger partial charge in [-0.15, -0.1) is 11.8 Å². The Labute approximate surface area is 141 Å². The molecular formula is C19H20N2OS. The number of phenols is 1. The minimum atomic E-state index is 0.252. The fraction of sp³-hybridized carbons (Fsp3) is 0.211. The third kappa shape index (κ3) is 3.84. The number of aromatic hydroxyl groups is 1. The lowest BCUT2D eigenvalue weighted by Crippen LogP contribution is -2.14. The average Bonchev–Trinajstić information content (AvgIpc) is 2.54. The first-order chi connectivity index (χ1) is 11.1. The Morgan fingerprint density at radius 3 is 2.57 bits per heavy atom. The van der Waals surface area contributed by atoms with E-state index in [1.54, 1.807) is 23.9 Å². The highest BCUT2D eigenvalue weighted by Crippen LogP contribution is 2.33. The largest absolute Gasteiger partial charge is 0.508 e. The van der Waals surface area contributed by atoms with Crippen molar-refractivity contribution in [3.8, 4) is 16.9 Å². The summed E-state index contributed by atoms with van der Waals surface area (Å²) in [5, 5.41) is 11.8. The highest BCUT2D eigenvalue weighted by atomic mass is 32.2. The van der Waals surface area contributed by atoms with Gasteiger partial charge < -0.3 is 10.0 Å². The van der Waals surface area contributed by atoms with Crippen molar-refractivity contribution in [3.05, 3.63) is 54.6 Å². The van der Waals surface area contributed by atoms with Crippen molar-refractivity contribution >= 4 is 22.7 Å². The smallest absolute Gasteiger partial charge is 0.117 e. The van der Waals surface area contributed by atoms with Crippen molar-refractivity contribution in [1.82, 2.24) is 9.88 Å². The molecule has 3 rings (SSSR count). The normalized spacial score (nSPS) is 11.3. The summed E-state index contributed by atoms with van der Waals surface area (Å²) in [5.41, 5.74) is 3.15. The number of aromatic nitrogens is 1. The number of thioether (sulfide) groups is 1. The maximum Gasteiger partial charge on any atom is 0.117 e. The number of nitrogens with zero attached hydrogens (tertiary/aromatic N) is 2. The number of hydrogen-bond acceptors (Lipinski definition) is 4. The van der Waals surface area contributed by atoms with Crippen LogP contribution >= 0.6 is 11.8 Å². The quantitative estimate of drug-likeness (QED) is 0.711. The first-order valence-corrected chi connectivity index (χ1v) is 8.59. The van der Waals surface area contributed by atoms with Crippen molar-refractivity contribution in [2.45, 2.75) is 5.03 Å². The summed E-state index contributed by atoms with van der Waals surface area (Å²) in [6.07, 6.45) is 0. The molecule has 1 aromatic heterocycles. The first kappa shape index (κ1) is 15.8. The van der Waals surface area contributed by atoms with E-state index >= 15 is 0 Å². The van der Waals surface area contributed by atoms with Crippen LogP contribution in [0.5, 0.6) is 5.75 Å². The number of hydrogen-bond donors (Lipinski definition) is 1. The van der Waals surface area contributed by atoms with Gasteiger partial charge in [-0.1, -0.05) is 30.3 Å². The zero-order chi connectivity index (χ0) is 16.2. The SMILES string of the molecule is CN(C)CCSc1nc2cc(O)ccc2cc1-c1ccccc1. The Hall–Kier alpha value is -2.04. The van der Waals surface area contributed by atoms with Gasteiger partial charge in [-0.2, -0.15) is 0 Å². The second-order valence-corrected chi connectivity index (χ2v) is 6.82. The molecule has 0 fully saturated rings. The molecule has 2 aromatic carbocycles. The molecule has 0 saturated heterocycles. The van der Waals surface area contributed by atoms with Gasteiger partial charge in [0, 0.05) is 29.3 Å². The van der Waals surface area contributed by atoms with Gasteiger partial charge in [0.15, 0.2) is 0 Å². The summed E-state index contributed by atoms with van der Waals surface area (Å²) in [6.45, 7) is 0.999. The van der Waals surface area contributed by atoms with Crippen molar-refractivity contribution in [1.29, 1.82) is 0 Å². The Bertz CT molecular complexity index is 803. The number of benzene rings is 2. The van der Waals surface area contributed by atoms with Crippen LogP contribution in [0.25, 0.3) is 22.0 Å². The van der Waals surface area contributed by atoms with Gasteiger partial charge in [-0.05, 0) is 37.9 Å². The number of rotatable bonds is 5. The molecule has 0 unspecified atom stereocenters. The lowest BCUT2D eigenvalue weighted by Gasteiger charge is -2.13. The van der Waals surface area contributed by atoms with Crippen LogP contribution in [0.3, 0.4) is 0 Å². The number of pyridine rings is 1. The van der Waals surface area contributed by atoms with Crippen LogP contribution in [-0.4, -0.2) is 41.4 Å². The van der Waals surface area contributed by atoms with Gasteiger partial charge in [-0.3, -0.25) is 0 Å². The Kier molecular flexibility index (Phi) is 4.84. The van der Waals surface area contributed by atoms with Gasteiger partial charge in [0.05, 0.1) is 5.52 Å². The third-order valence-electron chi connectivity index (χ3n) is 3.63. The molecule has 0 radical (unpaired) electrons. The molecule has 0 amide bonds. The van der Waals surface area contributed by atoms with Gasteiger partial charge in [-0.25, -0.2) is 4.98 Å². The van der Waals surface area contributed by atoms with E-state index in [2.05, 4.69) is 37.2 Å². The van der Waals surface area contributed by atoms with Gasteiger partial charge in [0.25, 0.3) is 0 Å². The number of phenolic OH excluding ortho intramolecular Hbond substituents is 1. The predicted octanol–water partition coefficient (Wildman–Crippen LogP) is 4.26. The lowest BCUT2D eigenvalue weighted by atomic mass is 10.1. The second-order valence-electron chi connectivity index (χ2n) is 5.74. The zero-order valence-electron chi connectivity index (χ0n) is 13.4. The second kappa shape index (κ2) is 7.02. The Morgan fingerprint density at radius 2 is 1.83 bits per heavy atom. The average molecular weight is 324 g/mol. The van der Waals surface area contributed by atoms with Crippen LogP contribution in [0.2, 0.25) is 0 Å². The highest BCUT2D eigenvalue weighted by Gasteiger charge is 2.10. The maximum absolute atomic E-state index is 9.70. The number of fused-ring (bicyclic) bond motifs is 1. The molecule has 1 heterocycles. The maximum atomic E-state index is 9.70. The van der Waals surface area contributed by atoms with E-state index in [-0.39, 0.29) is 5.75 Å². The Morgan fingerprint density at radius 1 is 1.04 bits per heavy atom. The zero-order valence-corrected chi connectivity index (χ0v) is 14.2. The van der Waals surface area contributed by atoms with Crippen molar-refractivity contribution in [2.24, 2.45) is 0 Å². The monoisotopic (exact) mass is 324 g/mol. The molecule has 118 valence electrons. The molecule has 0 saturated carbocycles. The van der Waals surface area contributed by atoms with Gasteiger partial charge in [0.1, 0.15) is 10.8 Å². The van der Waals surface area contributed by atoms with Gasteiger partial charge in [0.2, 0.25) is 0 Å². The van der Waals surface area contributed by atoms with Crippen LogP contribution < -0.4 is 0 Å². The molecule has 0 aliphatic rings. The van der Waals surface area contributed by atoms with E-state index in [1.807, 2.05) is 24.3 Å². The minimum Gasteiger partial charge on any atom is -0.508 e. The fourth-order valence-electron chi connectivity index (χ4n) is 2.40. The lowest BCUT2D eigenvalue weighted by molar-refractivity contribution is 0.437. The fourth-order valence-corrected chi connectivity index (χ4v) is 3.54. The summed E-state index contributed by atoms with van der Waals surface area (Å²) in [7, 11) is 4.15. The molecule has 1 N–H and O–H groups in total. The Balaban J connectivity index is 2.05. The van der Waals surface area contributed by atoms with Crippen molar-refractivity contribution < 1.29 is 5.11 Å². The standard InChI is InChI=1S/C19H20N2OS/c1-21(2)10-11-23-19-17(14-6-4-3-5-7-14)12-15-8-9-16(22)13-18(15)20-19/h3-9,12-13,22H,10-11H2,1-2H3. The first-order valence-electron chi connectivity index (χ1n) is 7.60. The molecule has 0 bridgehead atoms. The van der Waals surface area contributed by atoms with Crippen LogP contribution in [0.4, 0.5) is 0 Å². The van der Waals surface area contributed by atoms with E-state index in [9.17, 15) is 5.11 Å². The van der Waals surface area contributed by atoms with Crippen LogP contribution in [0, 0.1) is 0 Å². The van der Waals surface area contributed by atoms with E-state index < -0.39 is 0 Å². The van der Waals surface area contributed by atoms with E-state index in [0.717, 1.165) is 33.8 Å². The summed E-state index contributed by atoms with van der Waals surface area (Å²) in [4.78, 5) is 6.96. The summed E-state index contributed by atoms with van der Waals surface area (Å²) in [6, 6.07) is 17.8. The summed E-state index contributed by atoms with van der Waals surface area (Å²) in [5.74, 6) is 1.23. The molecule has 0 aliphatic carbocycles. The molecule has 3 nitrogen and oxygen atoms in total. The summed E-state index contributed by atoms with van der Waals surface area (Å²) >= 11 is 1.76. The van der Waals surface area contributed by atoms with E-state index in [1.165, 1.54) is 5.56 Å². The van der Waals surface area contributed by atoms with E-state index in [0.29, 0.717) is 0 Å². The topological polar surface area (TPSA) is 36.4 Å². The molecule has 0 spiro atoms. The molecule has 4 heteroatoms. The van der Waals surface area contributed by atoms with Crippen molar-refractivity contribution in [3.63, 3.8) is 0 Å². The van der Waals surface area contributed by atoms with Crippen LogP contribution in [0.15, 0.2) is 59.6 Å². The molecule has 23 heavy (non-hydrogen) atoms. The molecular weight excluding hydrogens is 304 g/mol. The molecule has 0 aliphatic heterocycles. The van der Waals surface area contributed by atoms with Crippen LogP contribution in [-0.2, 0) is 0 Å². The van der Waals surface area contributed by atoms with Crippen molar-refractivity contribution in [2.75, 3.05) is 26.4 Å². The minimum absolute atomic E-state index is 0.252. The van der Waals surface area contributed by atoms with Crippen LogP contribution in [0.1, 0.15) is 0 Å². The third-order valence-corrected chi connectivity index (χ3v) is 4.60. The van der Waals surface area contributed by atoms with Gasteiger partial charge >= 0.3 is 0 Å². The highest BCUT2D eigenvalue weighted by molar-refractivity contribution is 7.99.